The molecule has 0 aliphatic carbocycles. The lowest BCUT2D eigenvalue weighted by Gasteiger charge is -2.29. The van der Waals surface area contributed by atoms with Gasteiger partial charge in [-0.05, 0) is 24.3 Å². The molecule has 2 rings (SSSR count). The van der Waals surface area contributed by atoms with Crippen molar-refractivity contribution in [1.82, 2.24) is 5.32 Å². The van der Waals surface area contributed by atoms with Crippen LogP contribution in [0.2, 0.25) is 0 Å². The molecule has 1 amide bonds. The van der Waals surface area contributed by atoms with Crippen LogP contribution in [-0.4, -0.2) is 19.1 Å². The molecule has 0 saturated carbocycles. The Balaban J connectivity index is 1.96. The summed E-state index contributed by atoms with van der Waals surface area (Å²) >= 11 is 1.60. The lowest BCUT2D eigenvalue weighted by molar-refractivity contribution is -0.132. The maximum Gasteiger partial charge on any atom is 0.240 e. The molecule has 1 aliphatic rings. The van der Waals surface area contributed by atoms with E-state index in [1.807, 2.05) is 17.5 Å². The molecule has 0 bridgehead atoms. The van der Waals surface area contributed by atoms with Crippen LogP contribution in [0, 0.1) is 16.7 Å². The third-order valence-corrected chi connectivity index (χ3v) is 3.87. The molecule has 5 heteroatoms. The highest BCUT2D eigenvalue weighted by molar-refractivity contribution is 7.09. The topological polar surface area (TPSA) is 62.1 Å². The van der Waals surface area contributed by atoms with E-state index in [2.05, 4.69) is 11.4 Å². The molecule has 90 valence electrons. The monoisotopic (exact) mass is 250 g/mol. The van der Waals surface area contributed by atoms with Gasteiger partial charge in [-0.25, -0.2) is 0 Å². The van der Waals surface area contributed by atoms with Crippen molar-refractivity contribution in [3.63, 3.8) is 0 Å². The molecule has 0 atom stereocenters. The largest absolute Gasteiger partial charge is 0.381 e. The predicted octanol–water partition coefficient (Wildman–Crippen LogP) is 1.68. The molecule has 0 radical (unpaired) electrons. The molecule has 17 heavy (non-hydrogen) atoms. The summed E-state index contributed by atoms with van der Waals surface area (Å²) in [5, 5.41) is 14.0. The number of amides is 1. The molecule has 1 fully saturated rings. The predicted molar refractivity (Wildman–Crippen MR) is 64.3 cm³/mol. The SMILES string of the molecule is N#CC1(C(=O)NCc2cccs2)CCOCC1. The number of hydrogen-bond acceptors (Lipinski definition) is 4. The Morgan fingerprint density at radius 2 is 2.35 bits per heavy atom. The summed E-state index contributed by atoms with van der Waals surface area (Å²) < 4.78 is 5.20. The van der Waals surface area contributed by atoms with E-state index >= 15 is 0 Å². The van der Waals surface area contributed by atoms with Gasteiger partial charge in [0.05, 0.1) is 12.6 Å². The van der Waals surface area contributed by atoms with Gasteiger partial charge in [-0.15, -0.1) is 11.3 Å². The molecule has 1 aliphatic heterocycles. The second-order valence-electron chi connectivity index (χ2n) is 4.07. The number of rotatable bonds is 3. The Morgan fingerprint density at radius 1 is 1.59 bits per heavy atom. The highest BCUT2D eigenvalue weighted by atomic mass is 32.1. The Bertz CT molecular complexity index is 416. The number of ether oxygens (including phenoxy) is 1. The summed E-state index contributed by atoms with van der Waals surface area (Å²) in [7, 11) is 0. The molecule has 1 aromatic heterocycles. The van der Waals surface area contributed by atoms with Crippen molar-refractivity contribution in [1.29, 1.82) is 5.26 Å². The van der Waals surface area contributed by atoms with Crippen molar-refractivity contribution in [2.24, 2.45) is 5.41 Å². The van der Waals surface area contributed by atoms with E-state index in [1.165, 1.54) is 0 Å². The number of nitrogens with one attached hydrogen (secondary N) is 1. The zero-order valence-electron chi connectivity index (χ0n) is 9.44. The standard InChI is InChI=1S/C12H14N2O2S/c13-9-12(3-5-16-6-4-12)11(15)14-8-10-2-1-7-17-10/h1-2,7H,3-6,8H2,(H,14,15). The van der Waals surface area contributed by atoms with E-state index < -0.39 is 5.41 Å². The maximum absolute atomic E-state index is 12.1. The minimum atomic E-state index is -0.893. The second-order valence-corrected chi connectivity index (χ2v) is 5.10. The van der Waals surface area contributed by atoms with Crippen molar-refractivity contribution >= 4 is 17.2 Å². The highest BCUT2D eigenvalue weighted by Gasteiger charge is 2.40. The van der Waals surface area contributed by atoms with Crippen molar-refractivity contribution in [3.05, 3.63) is 22.4 Å². The summed E-state index contributed by atoms with van der Waals surface area (Å²) in [6, 6.07) is 6.07. The highest BCUT2D eigenvalue weighted by Crippen LogP contribution is 2.30. The lowest BCUT2D eigenvalue weighted by atomic mass is 9.81. The second kappa shape index (κ2) is 5.30. The van der Waals surface area contributed by atoms with Gasteiger partial charge >= 0.3 is 0 Å². The average molecular weight is 250 g/mol. The lowest BCUT2D eigenvalue weighted by Crippen LogP contribution is -2.43. The molecule has 1 aromatic rings. The quantitative estimate of drug-likeness (QED) is 0.888. The van der Waals surface area contributed by atoms with Crippen LogP contribution in [0.4, 0.5) is 0 Å². The van der Waals surface area contributed by atoms with E-state index in [-0.39, 0.29) is 5.91 Å². The normalized spacial score (nSPS) is 18.3. The number of nitrogens with zero attached hydrogens (tertiary/aromatic N) is 1. The average Bonchev–Trinajstić information content (AvgIpc) is 2.90. The fourth-order valence-corrected chi connectivity index (χ4v) is 2.50. The zero-order chi connectivity index (χ0) is 12.1. The molecular formula is C12H14N2O2S. The number of thiophene rings is 1. The van der Waals surface area contributed by atoms with Crippen LogP contribution in [0.3, 0.4) is 0 Å². The smallest absolute Gasteiger partial charge is 0.240 e. The molecule has 0 spiro atoms. The number of carbonyl (C=O) groups excluding carboxylic acids is 1. The van der Waals surface area contributed by atoms with Gasteiger partial charge in [0.25, 0.3) is 0 Å². The van der Waals surface area contributed by atoms with Crippen LogP contribution in [-0.2, 0) is 16.1 Å². The number of hydrogen-bond donors (Lipinski definition) is 1. The van der Waals surface area contributed by atoms with Crippen LogP contribution in [0.15, 0.2) is 17.5 Å². The van der Waals surface area contributed by atoms with E-state index in [1.54, 1.807) is 11.3 Å². The van der Waals surface area contributed by atoms with E-state index in [0.717, 1.165) is 4.88 Å². The summed E-state index contributed by atoms with van der Waals surface area (Å²) in [6.07, 6.45) is 0.972. The molecule has 4 nitrogen and oxygen atoms in total. The summed E-state index contributed by atoms with van der Waals surface area (Å²) in [5.41, 5.74) is -0.893. The van der Waals surface area contributed by atoms with Crippen LogP contribution in [0.5, 0.6) is 0 Å². The summed E-state index contributed by atoms with van der Waals surface area (Å²) in [6.45, 7) is 1.47. The van der Waals surface area contributed by atoms with E-state index in [9.17, 15) is 10.1 Å². The molecule has 1 saturated heterocycles. The van der Waals surface area contributed by atoms with Gasteiger partial charge in [-0.1, -0.05) is 6.07 Å². The van der Waals surface area contributed by atoms with Gasteiger partial charge in [-0.2, -0.15) is 5.26 Å². The van der Waals surface area contributed by atoms with Crippen molar-refractivity contribution in [2.45, 2.75) is 19.4 Å². The third-order valence-electron chi connectivity index (χ3n) is 3.00. The van der Waals surface area contributed by atoms with Crippen LogP contribution in [0.25, 0.3) is 0 Å². The fourth-order valence-electron chi connectivity index (χ4n) is 1.86. The molecule has 0 aromatic carbocycles. The van der Waals surface area contributed by atoms with Gasteiger partial charge in [-0.3, -0.25) is 4.79 Å². The maximum atomic E-state index is 12.1. The Labute approximate surface area is 104 Å². The Kier molecular flexibility index (Phi) is 3.77. The van der Waals surface area contributed by atoms with Crippen molar-refractivity contribution < 1.29 is 9.53 Å². The van der Waals surface area contributed by atoms with Crippen LogP contribution < -0.4 is 5.32 Å². The van der Waals surface area contributed by atoms with Crippen LogP contribution in [0.1, 0.15) is 17.7 Å². The van der Waals surface area contributed by atoms with Gasteiger partial charge < -0.3 is 10.1 Å². The first-order valence-corrected chi connectivity index (χ1v) is 6.44. The molecule has 2 heterocycles. The van der Waals surface area contributed by atoms with E-state index in [0.29, 0.717) is 32.6 Å². The first-order valence-electron chi connectivity index (χ1n) is 5.56. The van der Waals surface area contributed by atoms with Gasteiger partial charge in [0, 0.05) is 18.1 Å². The number of nitriles is 1. The van der Waals surface area contributed by atoms with Gasteiger partial charge in [0.1, 0.15) is 5.41 Å². The summed E-state index contributed by atoms with van der Waals surface area (Å²) in [5.74, 6) is -0.170. The Hall–Kier alpha value is -1.38. The number of carbonyl (C=O) groups is 1. The molecule has 1 N–H and O–H groups in total. The Morgan fingerprint density at radius 3 is 2.94 bits per heavy atom. The first-order chi connectivity index (χ1) is 8.27. The minimum Gasteiger partial charge on any atom is -0.381 e. The first kappa shape index (κ1) is 12.1. The molecular weight excluding hydrogens is 236 g/mol. The minimum absolute atomic E-state index is 0.170. The molecule has 0 unspecified atom stereocenters. The zero-order valence-corrected chi connectivity index (χ0v) is 10.3. The fraction of sp³-hybridized carbons (Fsp3) is 0.500. The summed E-state index contributed by atoms with van der Waals surface area (Å²) in [4.78, 5) is 13.2. The van der Waals surface area contributed by atoms with Crippen molar-refractivity contribution in [3.8, 4) is 6.07 Å². The van der Waals surface area contributed by atoms with Gasteiger partial charge in [0.15, 0.2) is 0 Å². The van der Waals surface area contributed by atoms with E-state index in [4.69, 9.17) is 4.74 Å². The third kappa shape index (κ3) is 2.65. The van der Waals surface area contributed by atoms with Crippen LogP contribution >= 0.6 is 11.3 Å². The van der Waals surface area contributed by atoms with Crippen molar-refractivity contribution in [2.75, 3.05) is 13.2 Å². The van der Waals surface area contributed by atoms with Gasteiger partial charge in [0.2, 0.25) is 5.91 Å².